The van der Waals surface area contributed by atoms with Crippen molar-refractivity contribution in [2.24, 2.45) is 0 Å². The maximum atomic E-state index is 13.3. The van der Waals surface area contributed by atoms with Gasteiger partial charge in [0.05, 0.1) is 13.2 Å². The van der Waals surface area contributed by atoms with E-state index < -0.39 is 11.9 Å². The number of rotatable bonds is 2. The smallest absolute Gasteiger partial charge is 0.407 e. The lowest BCUT2D eigenvalue weighted by atomic mass is 10.1. The van der Waals surface area contributed by atoms with E-state index in [0.29, 0.717) is 5.56 Å². The van der Waals surface area contributed by atoms with Gasteiger partial charge in [0.2, 0.25) is 0 Å². The van der Waals surface area contributed by atoms with Crippen LogP contribution < -0.4 is 10.1 Å². The Balaban J connectivity index is 2.35. The Hall–Kier alpha value is -1.78. The van der Waals surface area contributed by atoms with E-state index in [4.69, 9.17) is 9.47 Å². The van der Waals surface area contributed by atoms with Crippen LogP contribution in [0, 0.1) is 5.82 Å². The molecule has 0 saturated carbocycles. The van der Waals surface area contributed by atoms with E-state index in [1.54, 1.807) is 12.1 Å². The molecule has 0 radical (unpaired) electrons. The standard InChI is InChI=1S/C10H10FNO3/c1-14-9-6(3-2-4-7(9)11)8-5-15-10(13)12-8/h2-4,8H,5H2,1H3,(H,12,13)/t8-/m0/s1. The first-order chi connectivity index (χ1) is 7.22. The second kappa shape index (κ2) is 3.76. The SMILES string of the molecule is COc1c(F)cccc1[C@@H]1COC(=O)N1. The fraction of sp³-hybridized carbons (Fsp3) is 0.300. The van der Waals surface area contributed by atoms with Crippen LogP contribution in [0.15, 0.2) is 18.2 Å². The van der Waals surface area contributed by atoms with Crippen LogP contribution in [-0.4, -0.2) is 19.8 Å². The van der Waals surface area contributed by atoms with E-state index >= 15 is 0 Å². The Morgan fingerprint density at radius 2 is 2.40 bits per heavy atom. The van der Waals surface area contributed by atoms with E-state index in [-0.39, 0.29) is 18.4 Å². The molecule has 0 aromatic heterocycles. The van der Waals surface area contributed by atoms with Crippen molar-refractivity contribution >= 4 is 6.09 Å². The molecule has 0 aliphatic carbocycles. The van der Waals surface area contributed by atoms with Crippen LogP contribution in [0.3, 0.4) is 0 Å². The second-order valence-corrected chi connectivity index (χ2v) is 3.16. The Labute approximate surface area is 86.0 Å². The molecule has 15 heavy (non-hydrogen) atoms. The first kappa shape index (κ1) is 9.76. The zero-order valence-corrected chi connectivity index (χ0v) is 8.12. The lowest BCUT2D eigenvalue weighted by Gasteiger charge is -2.12. The zero-order valence-electron chi connectivity index (χ0n) is 8.12. The molecule has 1 aliphatic heterocycles. The Bertz CT molecular complexity index is 394. The number of benzene rings is 1. The fourth-order valence-corrected chi connectivity index (χ4v) is 1.57. The zero-order chi connectivity index (χ0) is 10.8. The highest BCUT2D eigenvalue weighted by atomic mass is 19.1. The van der Waals surface area contributed by atoms with Gasteiger partial charge >= 0.3 is 6.09 Å². The van der Waals surface area contributed by atoms with Crippen LogP contribution >= 0.6 is 0 Å². The number of carbonyl (C=O) groups excluding carboxylic acids is 1. The van der Waals surface area contributed by atoms with E-state index in [2.05, 4.69) is 5.32 Å². The molecule has 1 aromatic rings. The van der Waals surface area contributed by atoms with Gasteiger partial charge in [0.25, 0.3) is 0 Å². The maximum absolute atomic E-state index is 13.3. The van der Waals surface area contributed by atoms with Crippen molar-refractivity contribution in [1.82, 2.24) is 5.32 Å². The minimum absolute atomic E-state index is 0.147. The number of methoxy groups -OCH3 is 1. The number of ether oxygens (including phenoxy) is 2. The number of hydrogen-bond donors (Lipinski definition) is 1. The Morgan fingerprint density at radius 1 is 1.60 bits per heavy atom. The number of hydrogen-bond acceptors (Lipinski definition) is 3. The quantitative estimate of drug-likeness (QED) is 0.808. The van der Waals surface area contributed by atoms with Gasteiger partial charge in [0.1, 0.15) is 6.61 Å². The van der Waals surface area contributed by atoms with Crippen LogP contribution in [-0.2, 0) is 4.74 Å². The average Bonchev–Trinajstić information content (AvgIpc) is 2.64. The van der Waals surface area contributed by atoms with Crippen LogP contribution in [0.2, 0.25) is 0 Å². The van der Waals surface area contributed by atoms with Gasteiger partial charge in [-0.05, 0) is 6.07 Å². The third kappa shape index (κ3) is 1.72. The molecule has 1 heterocycles. The first-order valence-corrected chi connectivity index (χ1v) is 4.48. The monoisotopic (exact) mass is 211 g/mol. The van der Waals surface area contributed by atoms with Gasteiger partial charge in [-0.2, -0.15) is 0 Å². The summed E-state index contributed by atoms with van der Waals surface area (Å²) in [7, 11) is 1.39. The van der Waals surface area contributed by atoms with Crippen molar-refractivity contribution in [1.29, 1.82) is 0 Å². The molecule has 4 nitrogen and oxygen atoms in total. The molecular formula is C10H10FNO3. The summed E-state index contributed by atoms with van der Waals surface area (Å²) >= 11 is 0. The third-order valence-corrected chi connectivity index (χ3v) is 2.25. The molecule has 1 N–H and O–H groups in total. The number of amides is 1. The molecular weight excluding hydrogens is 201 g/mol. The van der Waals surface area contributed by atoms with Gasteiger partial charge in [-0.1, -0.05) is 12.1 Å². The molecule has 1 amide bonds. The van der Waals surface area contributed by atoms with Crippen molar-refractivity contribution in [3.05, 3.63) is 29.6 Å². The van der Waals surface area contributed by atoms with Gasteiger partial charge in [-0.25, -0.2) is 9.18 Å². The van der Waals surface area contributed by atoms with E-state index in [9.17, 15) is 9.18 Å². The highest BCUT2D eigenvalue weighted by Gasteiger charge is 2.27. The molecule has 1 atom stereocenters. The molecule has 5 heteroatoms. The molecule has 1 aliphatic rings. The minimum Gasteiger partial charge on any atom is -0.493 e. The molecule has 0 bridgehead atoms. The summed E-state index contributed by atoms with van der Waals surface area (Å²) in [5, 5.41) is 2.56. The summed E-state index contributed by atoms with van der Waals surface area (Å²) in [6.45, 7) is 0.193. The number of cyclic esters (lactones) is 1. The van der Waals surface area contributed by atoms with E-state index in [1.165, 1.54) is 13.2 Å². The molecule has 2 rings (SSSR count). The predicted molar refractivity (Wildman–Crippen MR) is 50.2 cm³/mol. The van der Waals surface area contributed by atoms with Crippen molar-refractivity contribution in [3.8, 4) is 5.75 Å². The molecule has 0 unspecified atom stereocenters. The number of para-hydroxylation sites is 1. The molecule has 1 aromatic carbocycles. The molecule has 1 fully saturated rings. The summed E-state index contributed by atoms with van der Waals surface area (Å²) < 4.78 is 23.0. The van der Waals surface area contributed by atoms with Gasteiger partial charge in [-0.15, -0.1) is 0 Å². The lowest BCUT2D eigenvalue weighted by molar-refractivity contribution is 0.176. The average molecular weight is 211 g/mol. The molecule has 80 valence electrons. The highest BCUT2D eigenvalue weighted by molar-refractivity contribution is 5.70. The summed E-state index contributed by atoms with van der Waals surface area (Å²) in [5.41, 5.74) is 0.586. The van der Waals surface area contributed by atoms with Crippen molar-refractivity contribution in [3.63, 3.8) is 0 Å². The largest absolute Gasteiger partial charge is 0.493 e. The number of halogens is 1. The lowest BCUT2D eigenvalue weighted by Crippen LogP contribution is -2.19. The van der Waals surface area contributed by atoms with E-state index in [0.717, 1.165) is 0 Å². The van der Waals surface area contributed by atoms with Gasteiger partial charge in [-0.3, -0.25) is 0 Å². The normalized spacial score (nSPS) is 19.6. The molecule has 0 spiro atoms. The summed E-state index contributed by atoms with van der Waals surface area (Å²) in [6, 6.07) is 4.22. The second-order valence-electron chi connectivity index (χ2n) is 3.16. The van der Waals surface area contributed by atoms with Crippen molar-refractivity contribution in [2.45, 2.75) is 6.04 Å². The van der Waals surface area contributed by atoms with Crippen molar-refractivity contribution < 1.29 is 18.7 Å². The Kier molecular flexibility index (Phi) is 2.45. The first-order valence-electron chi connectivity index (χ1n) is 4.48. The number of nitrogens with one attached hydrogen (secondary N) is 1. The van der Waals surface area contributed by atoms with Gasteiger partial charge in [0, 0.05) is 5.56 Å². The third-order valence-electron chi connectivity index (χ3n) is 2.25. The summed E-state index contributed by atoms with van der Waals surface area (Å²) in [4.78, 5) is 10.8. The van der Waals surface area contributed by atoms with Crippen LogP contribution in [0.1, 0.15) is 11.6 Å². The highest BCUT2D eigenvalue weighted by Crippen LogP contribution is 2.29. The Morgan fingerprint density at radius 3 is 3.00 bits per heavy atom. The van der Waals surface area contributed by atoms with Crippen molar-refractivity contribution in [2.75, 3.05) is 13.7 Å². The summed E-state index contributed by atoms with van der Waals surface area (Å²) in [6.07, 6.45) is -0.494. The van der Waals surface area contributed by atoms with Gasteiger partial charge < -0.3 is 14.8 Å². The summed E-state index contributed by atoms with van der Waals surface area (Å²) in [5.74, 6) is -0.301. The predicted octanol–water partition coefficient (Wildman–Crippen LogP) is 1.62. The van der Waals surface area contributed by atoms with Crippen LogP contribution in [0.5, 0.6) is 5.75 Å². The topological polar surface area (TPSA) is 47.6 Å². The molecule has 1 saturated heterocycles. The van der Waals surface area contributed by atoms with Gasteiger partial charge in [0.15, 0.2) is 11.6 Å². The number of carbonyl (C=O) groups is 1. The minimum atomic E-state index is -0.494. The maximum Gasteiger partial charge on any atom is 0.407 e. The number of alkyl carbamates (subject to hydrolysis) is 1. The van der Waals surface area contributed by atoms with E-state index in [1.807, 2.05) is 0 Å². The van der Waals surface area contributed by atoms with Crippen LogP contribution in [0.4, 0.5) is 9.18 Å². The van der Waals surface area contributed by atoms with Crippen LogP contribution in [0.25, 0.3) is 0 Å². The fourth-order valence-electron chi connectivity index (χ4n) is 1.57.